The van der Waals surface area contributed by atoms with E-state index in [9.17, 15) is 14.4 Å². The summed E-state index contributed by atoms with van der Waals surface area (Å²) in [5.41, 5.74) is 3.08. The van der Waals surface area contributed by atoms with Crippen LogP contribution in [-0.2, 0) is 4.79 Å². The van der Waals surface area contributed by atoms with E-state index >= 15 is 0 Å². The molecule has 7 nitrogen and oxygen atoms in total. The number of amides is 3. The summed E-state index contributed by atoms with van der Waals surface area (Å²) < 4.78 is 0. The first kappa shape index (κ1) is 21.6. The first-order valence-corrected chi connectivity index (χ1v) is 9.77. The third kappa shape index (κ3) is 5.70. The average Bonchev–Trinajstić information content (AvgIpc) is 2.82. The van der Waals surface area contributed by atoms with E-state index in [1.807, 2.05) is 30.3 Å². The lowest BCUT2D eigenvalue weighted by molar-refractivity contribution is -0.114. The minimum Gasteiger partial charge on any atom is -0.376 e. The predicted octanol–water partition coefficient (Wildman–Crippen LogP) is 3.37. The van der Waals surface area contributed by atoms with Crippen molar-refractivity contribution in [3.63, 3.8) is 0 Å². The largest absolute Gasteiger partial charge is 0.376 e. The molecule has 3 N–H and O–H groups in total. The van der Waals surface area contributed by atoms with E-state index in [4.69, 9.17) is 0 Å². The Morgan fingerprint density at radius 1 is 0.806 bits per heavy atom. The highest BCUT2D eigenvalue weighted by atomic mass is 16.2. The fourth-order valence-electron chi connectivity index (χ4n) is 2.96. The van der Waals surface area contributed by atoms with Crippen molar-refractivity contribution in [1.29, 1.82) is 0 Å². The van der Waals surface area contributed by atoms with Crippen LogP contribution in [0.3, 0.4) is 0 Å². The van der Waals surface area contributed by atoms with E-state index in [1.54, 1.807) is 67.5 Å². The normalized spacial score (nSPS) is 10.1. The molecule has 0 saturated heterocycles. The molecular formula is C24H24N4O3. The summed E-state index contributed by atoms with van der Waals surface area (Å²) in [6, 6.07) is 23.1. The molecule has 3 rings (SSSR count). The molecule has 0 bridgehead atoms. The van der Waals surface area contributed by atoms with Gasteiger partial charge < -0.3 is 20.9 Å². The summed E-state index contributed by atoms with van der Waals surface area (Å²) in [6.45, 7) is 0.0431. The fraction of sp³-hybridized carbons (Fsp3) is 0.125. The molecule has 0 heterocycles. The first-order valence-electron chi connectivity index (χ1n) is 9.77. The lowest BCUT2D eigenvalue weighted by Crippen LogP contribution is -2.26. The number of carbonyl (C=O) groups is 3. The molecule has 7 heteroatoms. The van der Waals surface area contributed by atoms with Crippen LogP contribution in [0.25, 0.3) is 0 Å². The third-order valence-electron chi connectivity index (χ3n) is 4.67. The predicted molar refractivity (Wildman–Crippen MR) is 123 cm³/mol. The van der Waals surface area contributed by atoms with Gasteiger partial charge in [0, 0.05) is 42.3 Å². The topological polar surface area (TPSA) is 90.5 Å². The number of hydrogen-bond acceptors (Lipinski definition) is 4. The van der Waals surface area contributed by atoms with E-state index < -0.39 is 0 Å². The first-order chi connectivity index (χ1) is 15.0. The van der Waals surface area contributed by atoms with Crippen LogP contribution in [0.5, 0.6) is 0 Å². The highest BCUT2D eigenvalue weighted by Gasteiger charge is 2.13. The molecule has 0 atom stereocenters. The molecule has 3 amide bonds. The maximum atomic E-state index is 12.6. The van der Waals surface area contributed by atoms with Gasteiger partial charge in [0.2, 0.25) is 5.91 Å². The van der Waals surface area contributed by atoms with Gasteiger partial charge >= 0.3 is 0 Å². The molecule has 0 saturated carbocycles. The molecule has 0 unspecified atom stereocenters. The minimum absolute atomic E-state index is 0.0431. The van der Waals surface area contributed by atoms with Gasteiger partial charge in [0.1, 0.15) is 0 Å². The van der Waals surface area contributed by atoms with Crippen LogP contribution < -0.4 is 20.9 Å². The number of nitrogens with one attached hydrogen (secondary N) is 3. The molecule has 3 aromatic rings. The van der Waals surface area contributed by atoms with E-state index in [-0.39, 0.29) is 24.3 Å². The Morgan fingerprint density at radius 3 is 2.19 bits per heavy atom. The molecule has 158 valence electrons. The molecule has 0 aromatic heterocycles. The van der Waals surface area contributed by atoms with Gasteiger partial charge in [-0.3, -0.25) is 14.4 Å². The van der Waals surface area contributed by atoms with Gasteiger partial charge in [-0.05, 0) is 54.6 Å². The quantitative estimate of drug-likeness (QED) is 0.551. The second kappa shape index (κ2) is 10.1. The zero-order chi connectivity index (χ0) is 22.2. The van der Waals surface area contributed by atoms with Crippen molar-refractivity contribution >= 4 is 34.8 Å². The van der Waals surface area contributed by atoms with Crippen molar-refractivity contribution in [3.05, 3.63) is 90.0 Å². The molecular weight excluding hydrogens is 392 g/mol. The van der Waals surface area contributed by atoms with Gasteiger partial charge in [-0.1, -0.05) is 24.3 Å². The fourth-order valence-corrected chi connectivity index (χ4v) is 2.96. The highest BCUT2D eigenvalue weighted by Crippen LogP contribution is 2.17. The van der Waals surface area contributed by atoms with Crippen LogP contribution in [-0.4, -0.2) is 38.4 Å². The van der Waals surface area contributed by atoms with Crippen molar-refractivity contribution in [3.8, 4) is 0 Å². The van der Waals surface area contributed by atoms with Gasteiger partial charge in [-0.15, -0.1) is 0 Å². The number of anilines is 3. The molecule has 0 aliphatic heterocycles. The van der Waals surface area contributed by atoms with Gasteiger partial charge in [-0.2, -0.15) is 0 Å². The second-order valence-electron chi connectivity index (χ2n) is 6.84. The van der Waals surface area contributed by atoms with Crippen molar-refractivity contribution < 1.29 is 14.4 Å². The van der Waals surface area contributed by atoms with E-state index in [0.29, 0.717) is 22.5 Å². The van der Waals surface area contributed by atoms with Crippen LogP contribution in [0.2, 0.25) is 0 Å². The summed E-state index contributed by atoms with van der Waals surface area (Å²) in [5.74, 6) is -0.591. The number of carbonyl (C=O) groups excluding carboxylic acids is 3. The van der Waals surface area contributed by atoms with Gasteiger partial charge in [0.25, 0.3) is 11.8 Å². The maximum Gasteiger partial charge on any atom is 0.258 e. The van der Waals surface area contributed by atoms with Crippen LogP contribution in [0.15, 0.2) is 78.9 Å². The SMILES string of the molecule is CNC(=O)c1cccc(NC(=O)CNc2ccc(C(=O)N(C)c3ccccc3)cc2)c1. The Labute approximate surface area is 181 Å². The van der Waals surface area contributed by atoms with E-state index in [2.05, 4.69) is 16.0 Å². The third-order valence-corrected chi connectivity index (χ3v) is 4.67. The van der Waals surface area contributed by atoms with Crippen LogP contribution in [0, 0.1) is 0 Å². The molecule has 0 aliphatic rings. The summed E-state index contributed by atoms with van der Waals surface area (Å²) in [6.07, 6.45) is 0. The second-order valence-corrected chi connectivity index (χ2v) is 6.84. The number of nitrogens with zero attached hydrogens (tertiary/aromatic N) is 1. The standard InChI is InChI=1S/C24H24N4O3/c1-25-23(30)18-7-6-8-20(15-18)27-22(29)16-26-19-13-11-17(12-14-19)24(31)28(2)21-9-4-3-5-10-21/h3-15,26H,16H2,1-2H3,(H,25,30)(H,27,29). The lowest BCUT2D eigenvalue weighted by Gasteiger charge is -2.17. The summed E-state index contributed by atoms with van der Waals surface area (Å²) >= 11 is 0. The van der Waals surface area contributed by atoms with Crippen LogP contribution in [0.1, 0.15) is 20.7 Å². The highest BCUT2D eigenvalue weighted by molar-refractivity contribution is 6.06. The van der Waals surface area contributed by atoms with Gasteiger partial charge in [-0.25, -0.2) is 0 Å². The molecule has 0 aliphatic carbocycles. The monoisotopic (exact) mass is 416 g/mol. The molecule has 31 heavy (non-hydrogen) atoms. The van der Waals surface area contributed by atoms with E-state index in [0.717, 1.165) is 5.69 Å². The molecule has 0 radical (unpaired) electrons. The number of hydrogen-bond donors (Lipinski definition) is 3. The van der Waals surface area contributed by atoms with Gasteiger partial charge in [0.15, 0.2) is 0 Å². The number of benzene rings is 3. The number of rotatable bonds is 7. The van der Waals surface area contributed by atoms with Crippen LogP contribution in [0.4, 0.5) is 17.1 Å². The average molecular weight is 416 g/mol. The Morgan fingerprint density at radius 2 is 1.52 bits per heavy atom. The van der Waals surface area contributed by atoms with Crippen molar-refractivity contribution in [2.24, 2.45) is 0 Å². The minimum atomic E-state index is -0.252. The molecule has 0 spiro atoms. The van der Waals surface area contributed by atoms with Crippen LogP contribution >= 0.6 is 0 Å². The Bertz CT molecular complexity index is 1070. The smallest absolute Gasteiger partial charge is 0.258 e. The zero-order valence-corrected chi connectivity index (χ0v) is 17.4. The Balaban J connectivity index is 1.55. The Kier molecular flexibility index (Phi) is 7.01. The lowest BCUT2D eigenvalue weighted by atomic mass is 10.1. The summed E-state index contributed by atoms with van der Waals surface area (Å²) in [4.78, 5) is 38.1. The summed E-state index contributed by atoms with van der Waals surface area (Å²) in [7, 11) is 3.28. The number of para-hydroxylation sites is 1. The maximum absolute atomic E-state index is 12.6. The van der Waals surface area contributed by atoms with Crippen molar-refractivity contribution in [1.82, 2.24) is 5.32 Å². The molecule has 0 fully saturated rings. The summed E-state index contributed by atoms with van der Waals surface area (Å²) in [5, 5.41) is 8.32. The Hall–Kier alpha value is -4.13. The van der Waals surface area contributed by atoms with Crippen molar-refractivity contribution in [2.45, 2.75) is 0 Å². The van der Waals surface area contributed by atoms with E-state index in [1.165, 1.54) is 0 Å². The zero-order valence-electron chi connectivity index (χ0n) is 17.4. The van der Waals surface area contributed by atoms with Crippen molar-refractivity contribution in [2.75, 3.05) is 36.2 Å². The van der Waals surface area contributed by atoms with Gasteiger partial charge in [0.05, 0.1) is 6.54 Å². The molecule has 3 aromatic carbocycles.